The van der Waals surface area contributed by atoms with Gasteiger partial charge in [-0.2, -0.15) is 0 Å². The minimum Gasteiger partial charge on any atom is -0.480 e. The molecular weight excluding hydrogens is 226 g/mol. The molecule has 1 aliphatic rings. The van der Waals surface area contributed by atoms with Crippen molar-refractivity contribution in [2.24, 2.45) is 5.73 Å². The number of nitrogens with zero attached hydrogens (tertiary/aromatic N) is 1. The Hall–Kier alpha value is -1.79. The van der Waals surface area contributed by atoms with Crippen molar-refractivity contribution in [3.63, 3.8) is 0 Å². The fourth-order valence-electron chi connectivity index (χ4n) is 1.72. The Bertz CT molecular complexity index is 338. The van der Waals surface area contributed by atoms with Crippen molar-refractivity contribution in [1.29, 1.82) is 0 Å². The lowest BCUT2D eigenvalue weighted by Crippen LogP contribution is -2.62. The molecule has 17 heavy (non-hydrogen) atoms. The molecule has 0 unspecified atom stereocenters. The number of aliphatic carboxylic acids is 1. The van der Waals surface area contributed by atoms with Crippen molar-refractivity contribution in [3.8, 4) is 0 Å². The third-order valence-corrected chi connectivity index (χ3v) is 2.98. The summed E-state index contributed by atoms with van der Waals surface area (Å²) in [5.74, 6) is -1.66. The quantitative estimate of drug-likeness (QED) is 0.604. The lowest BCUT2D eigenvalue weighted by atomic mass is 9.77. The minimum atomic E-state index is -1.16. The second-order valence-electron chi connectivity index (χ2n) is 4.15. The number of hydrogen-bond donors (Lipinski definition) is 3. The van der Waals surface area contributed by atoms with E-state index in [0.29, 0.717) is 19.4 Å². The van der Waals surface area contributed by atoms with Crippen molar-refractivity contribution in [1.82, 2.24) is 10.2 Å². The van der Waals surface area contributed by atoms with Crippen LogP contribution in [-0.2, 0) is 9.59 Å². The van der Waals surface area contributed by atoms with Crippen LogP contribution in [0.15, 0.2) is 0 Å². The largest absolute Gasteiger partial charge is 0.480 e. The molecule has 7 nitrogen and oxygen atoms in total. The number of hydrogen-bond acceptors (Lipinski definition) is 3. The van der Waals surface area contributed by atoms with Crippen LogP contribution in [0.3, 0.4) is 0 Å². The first-order chi connectivity index (χ1) is 7.91. The molecule has 3 amide bonds. The van der Waals surface area contributed by atoms with Crippen LogP contribution >= 0.6 is 0 Å². The zero-order valence-electron chi connectivity index (χ0n) is 9.73. The molecule has 0 aromatic rings. The van der Waals surface area contributed by atoms with Crippen molar-refractivity contribution >= 4 is 17.9 Å². The Morgan fingerprint density at radius 1 is 1.41 bits per heavy atom. The lowest BCUT2D eigenvalue weighted by molar-refractivity contribution is -0.148. The molecule has 0 bridgehead atoms. The van der Waals surface area contributed by atoms with E-state index >= 15 is 0 Å². The van der Waals surface area contributed by atoms with Crippen LogP contribution in [0.5, 0.6) is 0 Å². The highest BCUT2D eigenvalue weighted by Gasteiger charge is 2.46. The number of likely N-dealkylation sites (N-methyl/N-ethyl adjacent to an activating group) is 1. The number of nitrogens with two attached hydrogens (primary N) is 1. The molecule has 0 atom stereocenters. The van der Waals surface area contributed by atoms with Gasteiger partial charge in [-0.25, -0.2) is 9.59 Å². The van der Waals surface area contributed by atoms with Crippen molar-refractivity contribution < 1.29 is 19.5 Å². The van der Waals surface area contributed by atoms with Crippen molar-refractivity contribution in [3.05, 3.63) is 0 Å². The van der Waals surface area contributed by atoms with Gasteiger partial charge in [-0.3, -0.25) is 4.79 Å². The normalized spacial score (nSPS) is 16.8. The molecule has 0 radical (unpaired) electrons. The fraction of sp³-hybridized carbons (Fsp3) is 0.700. The third-order valence-electron chi connectivity index (χ3n) is 2.98. The van der Waals surface area contributed by atoms with Gasteiger partial charge in [-0.15, -0.1) is 0 Å². The van der Waals surface area contributed by atoms with E-state index in [-0.39, 0.29) is 6.54 Å². The molecule has 0 saturated heterocycles. The highest BCUT2D eigenvalue weighted by Crippen LogP contribution is 2.32. The monoisotopic (exact) mass is 243 g/mol. The molecule has 0 aromatic heterocycles. The predicted molar refractivity (Wildman–Crippen MR) is 59.2 cm³/mol. The van der Waals surface area contributed by atoms with Crippen LogP contribution < -0.4 is 11.1 Å². The summed E-state index contributed by atoms with van der Waals surface area (Å²) in [6.07, 6.45) is 1.61. The second kappa shape index (κ2) is 5.03. The highest BCUT2D eigenvalue weighted by atomic mass is 16.4. The van der Waals surface area contributed by atoms with E-state index in [4.69, 9.17) is 10.8 Å². The summed E-state index contributed by atoms with van der Waals surface area (Å²) in [5.41, 5.74) is 3.84. The number of amides is 3. The highest BCUT2D eigenvalue weighted by molar-refractivity contribution is 5.89. The van der Waals surface area contributed by atoms with Crippen LogP contribution in [-0.4, -0.2) is 46.5 Å². The third kappa shape index (κ3) is 2.86. The maximum Gasteiger partial charge on any atom is 0.329 e. The molecule has 0 aliphatic heterocycles. The average Bonchev–Trinajstić information content (AvgIpc) is 2.18. The standard InChI is InChI=1S/C10H17N3O4/c1-2-13(6-7(11)14)9(17)12-10(8(15)16)4-3-5-10/h2-6H2,1H3,(H2,11,14)(H,12,17)(H,15,16). The molecule has 1 saturated carbocycles. The van der Waals surface area contributed by atoms with Gasteiger partial charge in [0.25, 0.3) is 0 Å². The molecule has 4 N–H and O–H groups in total. The molecule has 1 rings (SSSR count). The first kappa shape index (κ1) is 13.3. The van der Waals surface area contributed by atoms with Crippen LogP contribution in [0.1, 0.15) is 26.2 Å². The first-order valence-electron chi connectivity index (χ1n) is 5.50. The summed E-state index contributed by atoms with van der Waals surface area (Å²) in [6.45, 7) is 1.78. The molecule has 1 aliphatic carbocycles. The minimum absolute atomic E-state index is 0.210. The second-order valence-corrected chi connectivity index (χ2v) is 4.15. The summed E-state index contributed by atoms with van der Waals surface area (Å²) < 4.78 is 0. The predicted octanol–water partition coefficient (Wildman–Crippen LogP) is -0.489. The molecular formula is C10H17N3O4. The Balaban J connectivity index is 2.63. The van der Waals surface area contributed by atoms with Crippen LogP contribution in [0.25, 0.3) is 0 Å². The van der Waals surface area contributed by atoms with E-state index in [1.165, 1.54) is 4.90 Å². The van der Waals surface area contributed by atoms with Gasteiger partial charge in [0, 0.05) is 6.54 Å². The molecule has 7 heteroatoms. The number of nitrogens with one attached hydrogen (secondary N) is 1. The summed E-state index contributed by atoms with van der Waals surface area (Å²) in [5, 5.41) is 11.5. The van der Waals surface area contributed by atoms with E-state index < -0.39 is 23.4 Å². The van der Waals surface area contributed by atoms with Gasteiger partial charge in [0.1, 0.15) is 12.1 Å². The van der Waals surface area contributed by atoms with Gasteiger partial charge in [-0.1, -0.05) is 0 Å². The first-order valence-corrected chi connectivity index (χ1v) is 5.50. The van der Waals surface area contributed by atoms with Crippen molar-refractivity contribution in [2.45, 2.75) is 31.7 Å². The topological polar surface area (TPSA) is 113 Å². The van der Waals surface area contributed by atoms with Gasteiger partial charge in [0.2, 0.25) is 5.91 Å². The molecule has 0 aromatic carbocycles. The summed E-state index contributed by atoms with van der Waals surface area (Å²) in [6, 6.07) is -0.562. The zero-order chi connectivity index (χ0) is 13.1. The van der Waals surface area contributed by atoms with Gasteiger partial charge in [-0.05, 0) is 26.2 Å². The SMILES string of the molecule is CCN(CC(N)=O)C(=O)NC1(C(=O)O)CCC1. The number of carbonyl (C=O) groups excluding carboxylic acids is 2. The maximum absolute atomic E-state index is 11.8. The van der Waals surface area contributed by atoms with Gasteiger partial charge in [0.05, 0.1) is 0 Å². The van der Waals surface area contributed by atoms with E-state index in [9.17, 15) is 14.4 Å². The Morgan fingerprint density at radius 2 is 2.00 bits per heavy atom. The van der Waals surface area contributed by atoms with Crippen molar-refractivity contribution in [2.75, 3.05) is 13.1 Å². The Morgan fingerprint density at radius 3 is 2.29 bits per heavy atom. The van der Waals surface area contributed by atoms with Gasteiger partial charge in [0.15, 0.2) is 0 Å². The molecule has 1 fully saturated rings. The number of rotatable bonds is 5. The van der Waals surface area contributed by atoms with Crippen LogP contribution in [0.2, 0.25) is 0 Å². The number of primary amides is 1. The average molecular weight is 243 g/mol. The van der Waals surface area contributed by atoms with Crippen LogP contribution in [0.4, 0.5) is 4.79 Å². The molecule has 0 spiro atoms. The van der Waals surface area contributed by atoms with Gasteiger partial charge < -0.3 is 21.1 Å². The van der Waals surface area contributed by atoms with E-state index in [2.05, 4.69) is 5.32 Å². The fourth-order valence-corrected chi connectivity index (χ4v) is 1.72. The maximum atomic E-state index is 11.8. The number of carboxylic acid groups (broad SMARTS) is 1. The van der Waals surface area contributed by atoms with Crippen LogP contribution in [0, 0.1) is 0 Å². The van der Waals surface area contributed by atoms with E-state index in [1.807, 2.05) is 0 Å². The van der Waals surface area contributed by atoms with E-state index in [1.54, 1.807) is 6.92 Å². The number of carbonyl (C=O) groups is 3. The zero-order valence-corrected chi connectivity index (χ0v) is 9.73. The summed E-state index contributed by atoms with van der Waals surface area (Å²) >= 11 is 0. The van der Waals surface area contributed by atoms with Gasteiger partial charge >= 0.3 is 12.0 Å². The smallest absolute Gasteiger partial charge is 0.329 e. The summed E-state index contributed by atoms with van der Waals surface area (Å²) in [4.78, 5) is 34.7. The number of carboxylic acids is 1. The number of urea groups is 1. The Labute approximate surface area is 98.9 Å². The molecule has 0 heterocycles. The summed E-state index contributed by atoms with van der Waals surface area (Å²) in [7, 11) is 0. The lowest BCUT2D eigenvalue weighted by Gasteiger charge is -2.39. The molecule has 96 valence electrons. The Kier molecular flexibility index (Phi) is 3.93. The van der Waals surface area contributed by atoms with E-state index in [0.717, 1.165) is 6.42 Å².